The van der Waals surface area contributed by atoms with E-state index in [1.165, 1.54) is 0 Å². The van der Waals surface area contributed by atoms with Crippen molar-refractivity contribution in [3.63, 3.8) is 0 Å². The fourth-order valence-corrected chi connectivity index (χ4v) is 2.30. The van der Waals surface area contributed by atoms with E-state index in [-0.39, 0.29) is 5.69 Å². The summed E-state index contributed by atoms with van der Waals surface area (Å²) in [5.41, 5.74) is 2.06. The van der Waals surface area contributed by atoms with E-state index in [2.05, 4.69) is 15.3 Å². The van der Waals surface area contributed by atoms with Crippen LogP contribution in [0.1, 0.15) is 16.1 Å². The predicted octanol–water partition coefficient (Wildman–Crippen LogP) is 3.47. The lowest BCUT2D eigenvalue weighted by molar-refractivity contribution is 0.0692. The van der Waals surface area contributed by atoms with Crippen molar-refractivity contribution in [1.82, 2.24) is 9.97 Å². The molecule has 0 saturated heterocycles. The van der Waals surface area contributed by atoms with Crippen LogP contribution in [0.5, 0.6) is 0 Å². The number of nitrogens with zero attached hydrogens (tertiary/aromatic N) is 1. The van der Waals surface area contributed by atoms with Crippen LogP contribution in [0, 0.1) is 0 Å². The van der Waals surface area contributed by atoms with Crippen molar-refractivity contribution < 1.29 is 14.3 Å². The van der Waals surface area contributed by atoms with Crippen LogP contribution in [0.4, 0.5) is 15.8 Å². The molecular formula is C15H12FN3O2. The number of halogens is 1. The number of rotatable bonds is 4. The number of alkyl halides is 1. The first-order valence-electron chi connectivity index (χ1n) is 6.30. The number of anilines is 2. The van der Waals surface area contributed by atoms with Gasteiger partial charge in [0.05, 0.1) is 5.69 Å². The number of pyridine rings is 1. The summed E-state index contributed by atoms with van der Waals surface area (Å²) in [7, 11) is 0. The molecule has 106 valence electrons. The van der Waals surface area contributed by atoms with E-state index in [0.29, 0.717) is 27.8 Å². The Labute approximate surface area is 119 Å². The molecule has 0 bridgehead atoms. The van der Waals surface area contributed by atoms with Crippen LogP contribution < -0.4 is 5.32 Å². The number of hydrogen-bond donors (Lipinski definition) is 3. The van der Waals surface area contributed by atoms with E-state index in [1.54, 1.807) is 42.7 Å². The molecule has 0 aliphatic rings. The molecule has 2 aromatic heterocycles. The number of nitrogens with one attached hydrogen (secondary N) is 2. The van der Waals surface area contributed by atoms with Crippen LogP contribution in [-0.4, -0.2) is 21.0 Å². The van der Waals surface area contributed by atoms with E-state index in [1.807, 2.05) is 0 Å². The Kier molecular flexibility index (Phi) is 3.27. The fourth-order valence-electron chi connectivity index (χ4n) is 2.30. The highest BCUT2D eigenvalue weighted by Gasteiger charge is 2.19. The molecule has 0 aliphatic carbocycles. The molecule has 21 heavy (non-hydrogen) atoms. The van der Waals surface area contributed by atoms with Crippen molar-refractivity contribution in [3.05, 3.63) is 54.0 Å². The molecule has 0 saturated carbocycles. The topological polar surface area (TPSA) is 78.0 Å². The molecule has 0 unspecified atom stereocenters. The zero-order chi connectivity index (χ0) is 14.8. The summed E-state index contributed by atoms with van der Waals surface area (Å²) in [4.78, 5) is 18.1. The summed E-state index contributed by atoms with van der Waals surface area (Å²) in [6.45, 7) is -0.667. The lowest BCUT2D eigenvalue weighted by Crippen LogP contribution is -2.02. The third kappa shape index (κ3) is 2.31. The highest BCUT2D eigenvalue weighted by atomic mass is 19.1. The highest BCUT2D eigenvalue weighted by molar-refractivity contribution is 6.08. The molecule has 5 nitrogen and oxygen atoms in total. The normalized spacial score (nSPS) is 10.7. The number of aromatic nitrogens is 2. The van der Waals surface area contributed by atoms with Gasteiger partial charge in [-0.1, -0.05) is 12.1 Å². The third-order valence-corrected chi connectivity index (χ3v) is 3.22. The molecule has 3 aromatic rings. The lowest BCUT2D eigenvalue weighted by Gasteiger charge is -2.07. The lowest BCUT2D eigenvalue weighted by atomic mass is 10.1. The number of fused-ring (bicyclic) bond motifs is 1. The van der Waals surface area contributed by atoms with E-state index in [0.717, 1.165) is 0 Å². The third-order valence-electron chi connectivity index (χ3n) is 3.22. The number of aromatic carboxylic acids is 1. The molecule has 0 spiro atoms. The first-order chi connectivity index (χ1) is 10.2. The van der Waals surface area contributed by atoms with Crippen molar-refractivity contribution in [3.8, 4) is 0 Å². The van der Waals surface area contributed by atoms with Gasteiger partial charge in [-0.25, -0.2) is 9.18 Å². The van der Waals surface area contributed by atoms with Crippen molar-refractivity contribution >= 4 is 28.2 Å². The van der Waals surface area contributed by atoms with Crippen LogP contribution in [0.25, 0.3) is 10.9 Å². The van der Waals surface area contributed by atoms with Gasteiger partial charge in [0.1, 0.15) is 12.4 Å². The smallest absolute Gasteiger partial charge is 0.354 e. The molecule has 2 heterocycles. The average molecular weight is 285 g/mol. The standard InChI is InChI=1S/C15H12FN3O2/c16-8-9-2-1-3-11-12(9)13(14(19-11)15(20)21)18-10-4-6-17-7-5-10/h1-7,19H,8H2,(H,17,18)(H,20,21). The Bertz CT molecular complexity index is 799. The Morgan fingerprint density at radius 3 is 2.71 bits per heavy atom. The summed E-state index contributed by atoms with van der Waals surface area (Å²) in [6.07, 6.45) is 3.18. The Morgan fingerprint density at radius 1 is 1.29 bits per heavy atom. The fraction of sp³-hybridized carbons (Fsp3) is 0.0667. The molecule has 6 heteroatoms. The molecule has 0 aliphatic heterocycles. The van der Waals surface area contributed by atoms with Crippen LogP contribution in [0.3, 0.4) is 0 Å². The van der Waals surface area contributed by atoms with Crippen molar-refractivity contribution in [2.24, 2.45) is 0 Å². The number of aromatic amines is 1. The largest absolute Gasteiger partial charge is 0.477 e. The van der Waals surface area contributed by atoms with Gasteiger partial charge in [-0.05, 0) is 23.8 Å². The number of benzene rings is 1. The maximum absolute atomic E-state index is 13.2. The van der Waals surface area contributed by atoms with Gasteiger partial charge >= 0.3 is 5.97 Å². The molecule has 0 amide bonds. The monoisotopic (exact) mass is 285 g/mol. The van der Waals surface area contributed by atoms with Gasteiger partial charge in [0.25, 0.3) is 0 Å². The van der Waals surface area contributed by atoms with Crippen LogP contribution in [0.15, 0.2) is 42.7 Å². The van der Waals surface area contributed by atoms with Crippen LogP contribution >= 0.6 is 0 Å². The number of carboxylic acids is 1. The SMILES string of the molecule is O=C(O)c1[nH]c2cccc(CF)c2c1Nc1ccncc1. The van der Waals surface area contributed by atoms with Gasteiger partial charge in [-0.3, -0.25) is 4.98 Å². The second-order valence-electron chi connectivity index (χ2n) is 4.51. The Balaban J connectivity index is 2.22. The quantitative estimate of drug-likeness (QED) is 0.686. The zero-order valence-corrected chi connectivity index (χ0v) is 10.9. The Hall–Kier alpha value is -2.89. The van der Waals surface area contributed by atoms with E-state index < -0.39 is 12.6 Å². The summed E-state index contributed by atoms with van der Waals surface area (Å²) >= 11 is 0. The molecule has 3 rings (SSSR count). The van der Waals surface area contributed by atoms with Gasteiger partial charge in [0.15, 0.2) is 0 Å². The molecule has 0 atom stereocenters. The van der Waals surface area contributed by atoms with Gasteiger partial charge in [-0.15, -0.1) is 0 Å². The summed E-state index contributed by atoms with van der Waals surface area (Å²) in [6, 6.07) is 8.47. The second-order valence-corrected chi connectivity index (χ2v) is 4.51. The van der Waals surface area contributed by atoms with E-state index in [4.69, 9.17) is 0 Å². The molecule has 0 fully saturated rings. The van der Waals surface area contributed by atoms with Gasteiger partial charge in [0, 0.05) is 29.0 Å². The number of H-pyrrole nitrogens is 1. The Morgan fingerprint density at radius 2 is 2.05 bits per heavy atom. The summed E-state index contributed by atoms with van der Waals surface area (Å²) < 4.78 is 13.2. The zero-order valence-electron chi connectivity index (χ0n) is 10.9. The maximum Gasteiger partial charge on any atom is 0.354 e. The maximum atomic E-state index is 13.2. The summed E-state index contributed by atoms with van der Waals surface area (Å²) in [5, 5.41) is 12.9. The van der Waals surface area contributed by atoms with Crippen LogP contribution in [0.2, 0.25) is 0 Å². The minimum atomic E-state index is -1.10. The van der Waals surface area contributed by atoms with Gasteiger partial charge in [0.2, 0.25) is 0 Å². The van der Waals surface area contributed by atoms with Gasteiger partial charge < -0.3 is 15.4 Å². The molecular weight excluding hydrogens is 273 g/mol. The van der Waals surface area contributed by atoms with Crippen molar-refractivity contribution in [2.75, 3.05) is 5.32 Å². The van der Waals surface area contributed by atoms with Crippen molar-refractivity contribution in [2.45, 2.75) is 6.67 Å². The van der Waals surface area contributed by atoms with Crippen molar-refractivity contribution in [1.29, 1.82) is 0 Å². The number of hydrogen-bond acceptors (Lipinski definition) is 3. The van der Waals surface area contributed by atoms with Crippen LogP contribution in [-0.2, 0) is 6.67 Å². The van der Waals surface area contributed by atoms with E-state index in [9.17, 15) is 14.3 Å². The van der Waals surface area contributed by atoms with Gasteiger partial charge in [-0.2, -0.15) is 0 Å². The first kappa shape index (κ1) is 13.1. The average Bonchev–Trinajstić information content (AvgIpc) is 2.87. The summed E-state index contributed by atoms with van der Waals surface area (Å²) in [5.74, 6) is -1.10. The molecule has 3 N–H and O–H groups in total. The molecule has 0 radical (unpaired) electrons. The highest BCUT2D eigenvalue weighted by Crippen LogP contribution is 2.33. The minimum absolute atomic E-state index is 0.00251. The number of carboxylic acid groups (broad SMARTS) is 1. The molecule has 1 aromatic carbocycles. The second kappa shape index (κ2) is 5.24. The van der Waals surface area contributed by atoms with E-state index >= 15 is 0 Å². The first-order valence-corrected chi connectivity index (χ1v) is 6.30. The predicted molar refractivity (Wildman–Crippen MR) is 77.6 cm³/mol. The minimum Gasteiger partial charge on any atom is -0.477 e. The number of carbonyl (C=O) groups is 1.